The molecular weight excluding hydrogens is 268 g/mol. The van der Waals surface area contributed by atoms with Crippen molar-refractivity contribution in [1.82, 2.24) is 15.1 Å². The summed E-state index contributed by atoms with van der Waals surface area (Å²) in [6, 6.07) is 11.2. The molecule has 2 aromatic rings. The van der Waals surface area contributed by atoms with E-state index in [4.69, 9.17) is 0 Å². The molecule has 0 N–H and O–H groups in total. The van der Waals surface area contributed by atoms with E-state index in [1.54, 1.807) is 11.3 Å². The van der Waals surface area contributed by atoms with Crippen molar-refractivity contribution in [3.63, 3.8) is 0 Å². The lowest BCUT2D eigenvalue weighted by atomic mass is 10.1. The third-order valence-corrected chi connectivity index (χ3v) is 4.62. The molecule has 1 saturated heterocycles. The van der Waals surface area contributed by atoms with Crippen LogP contribution in [0.2, 0.25) is 0 Å². The second-order valence-corrected chi connectivity index (χ2v) is 6.58. The molecule has 4 nitrogen and oxygen atoms in total. The first kappa shape index (κ1) is 13.5. The van der Waals surface area contributed by atoms with Crippen LogP contribution < -0.4 is 4.90 Å². The molecule has 106 valence electrons. The summed E-state index contributed by atoms with van der Waals surface area (Å²) >= 11 is 1.70. The number of piperazine rings is 1. The van der Waals surface area contributed by atoms with Gasteiger partial charge in [0.05, 0.1) is 6.54 Å². The van der Waals surface area contributed by atoms with E-state index in [0.29, 0.717) is 6.04 Å². The summed E-state index contributed by atoms with van der Waals surface area (Å²) in [5.74, 6) is 0. The number of hydrogen-bond donors (Lipinski definition) is 0. The Morgan fingerprint density at radius 1 is 1.20 bits per heavy atom. The third-order valence-electron chi connectivity index (χ3n) is 3.79. The van der Waals surface area contributed by atoms with Gasteiger partial charge in [-0.05, 0) is 26.0 Å². The molecule has 20 heavy (non-hydrogen) atoms. The number of aryl methyl sites for hydroxylation is 1. The summed E-state index contributed by atoms with van der Waals surface area (Å²) in [4.78, 5) is 4.96. The van der Waals surface area contributed by atoms with E-state index in [0.717, 1.165) is 36.2 Å². The van der Waals surface area contributed by atoms with Gasteiger partial charge in [0.1, 0.15) is 10.0 Å². The molecule has 1 aliphatic heterocycles. The van der Waals surface area contributed by atoms with Gasteiger partial charge in [0.25, 0.3) is 0 Å². The molecule has 0 bridgehead atoms. The number of aromatic nitrogens is 2. The van der Waals surface area contributed by atoms with Gasteiger partial charge in [-0.2, -0.15) is 0 Å². The second-order valence-electron chi connectivity index (χ2n) is 5.32. The van der Waals surface area contributed by atoms with Crippen molar-refractivity contribution in [2.24, 2.45) is 0 Å². The van der Waals surface area contributed by atoms with E-state index in [1.165, 1.54) is 5.69 Å². The average molecular weight is 288 g/mol. The highest BCUT2D eigenvalue weighted by molar-refractivity contribution is 7.11. The Morgan fingerprint density at radius 3 is 2.65 bits per heavy atom. The first-order valence-corrected chi connectivity index (χ1v) is 7.87. The van der Waals surface area contributed by atoms with Crippen molar-refractivity contribution in [1.29, 1.82) is 0 Å². The molecule has 0 unspecified atom stereocenters. The van der Waals surface area contributed by atoms with Gasteiger partial charge >= 0.3 is 0 Å². The van der Waals surface area contributed by atoms with Gasteiger partial charge in [-0.15, -0.1) is 21.5 Å². The summed E-state index contributed by atoms with van der Waals surface area (Å²) < 4.78 is 0. The topological polar surface area (TPSA) is 32.3 Å². The van der Waals surface area contributed by atoms with Crippen LogP contribution >= 0.6 is 11.3 Å². The maximum atomic E-state index is 4.23. The number of benzene rings is 1. The minimum absolute atomic E-state index is 0.535. The summed E-state index contributed by atoms with van der Waals surface area (Å²) in [5, 5.41) is 10.5. The predicted octanol–water partition coefficient (Wildman–Crippen LogP) is 2.56. The van der Waals surface area contributed by atoms with Crippen molar-refractivity contribution in [2.75, 3.05) is 24.5 Å². The minimum atomic E-state index is 0.535. The Bertz CT molecular complexity index is 554. The number of nitrogens with zero attached hydrogens (tertiary/aromatic N) is 4. The van der Waals surface area contributed by atoms with Gasteiger partial charge in [0.2, 0.25) is 0 Å². The molecule has 5 heteroatoms. The fraction of sp³-hybridized carbons (Fsp3) is 0.467. The van der Waals surface area contributed by atoms with Crippen LogP contribution in [-0.4, -0.2) is 40.8 Å². The standard InChI is InChI=1S/C15H20N4S/c1-12-10-19(14-6-4-3-5-7-14)9-8-18(12)11-15-17-16-13(2)20-15/h3-7,12H,8-11H2,1-2H3/t12-/m0/s1. The van der Waals surface area contributed by atoms with Crippen LogP contribution in [0.25, 0.3) is 0 Å². The molecule has 2 heterocycles. The summed E-state index contributed by atoms with van der Waals surface area (Å²) in [7, 11) is 0. The molecule has 3 rings (SSSR count). The zero-order valence-electron chi connectivity index (χ0n) is 12.0. The molecule has 0 radical (unpaired) electrons. The van der Waals surface area contributed by atoms with E-state index in [2.05, 4.69) is 57.3 Å². The molecule has 1 atom stereocenters. The van der Waals surface area contributed by atoms with Crippen LogP contribution in [0.5, 0.6) is 0 Å². The van der Waals surface area contributed by atoms with Gasteiger partial charge in [-0.1, -0.05) is 18.2 Å². The zero-order chi connectivity index (χ0) is 13.9. The molecule has 1 aromatic heterocycles. The average Bonchev–Trinajstić information content (AvgIpc) is 2.87. The lowest BCUT2D eigenvalue weighted by molar-refractivity contribution is 0.180. The third kappa shape index (κ3) is 2.99. The fourth-order valence-corrected chi connectivity index (χ4v) is 3.41. The van der Waals surface area contributed by atoms with Crippen LogP contribution in [0, 0.1) is 6.92 Å². The highest BCUT2D eigenvalue weighted by Crippen LogP contribution is 2.21. The lowest BCUT2D eigenvalue weighted by Gasteiger charge is -2.40. The Labute approximate surface area is 124 Å². The SMILES string of the molecule is Cc1nnc(CN2CCN(c3ccccc3)C[C@@H]2C)s1. The highest BCUT2D eigenvalue weighted by atomic mass is 32.1. The van der Waals surface area contributed by atoms with E-state index in [-0.39, 0.29) is 0 Å². The maximum Gasteiger partial charge on any atom is 0.131 e. The van der Waals surface area contributed by atoms with Crippen LogP contribution in [0.3, 0.4) is 0 Å². The summed E-state index contributed by atoms with van der Waals surface area (Å²) in [6.45, 7) is 8.46. The predicted molar refractivity (Wildman–Crippen MR) is 83.2 cm³/mol. The minimum Gasteiger partial charge on any atom is -0.369 e. The van der Waals surface area contributed by atoms with Gasteiger partial charge in [0, 0.05) is 31.4 Å². The number of anilines is 1. The monoisotopic (exact) mass is 288 g/mol. The van der Waals surface area contributed by atoms with Crippen molar-refractivity contribution in [2.45, 2.75) is 26.4 Å². The van der Waals surface area contributed by atoms with Crippen molar-refractivity contribution in [3.05, 3.63) is 40.3 Å². The highest BCUT2D eigenvalue weighted by Gasteiger charge is 2.24. The Kier molecular flexibility index (Phi) is 3.98. The van der Waals surface area contributed by atoms with Crippen molar-refractivity contribution < 1.29 is 0 Å². The normalized spacial score (nSPS) is 20.3. The van der Waals surface area contributed by atoms with Crippen LogP contribution in [-0.2, 0) is 6.54 Å². The van der Waals surface area contributed by atoms with E-state index in [1.807, 2.05) is 6.92 Å². The molecule has 0 saturated carbocycles. The number of rotatable bonds is 3. The summed E-state index contributed by atoms with van der Waals surface area (Å²) in [5.41, 5.74) is 1.32. The van der Waals surface area contributed by atoms with Gasteiger partial charge in [-0.3, -0.25) is 4.90 Å². The Hall–Kier alpha value is -1.46. The first-order valence-electron chi connectivity index (χ1n) is 7.05. The molecule has 0 spiro atoms. The van der Waals surface area contributed by atoms with Gasteiger partial charge in [-0.25, -0.2) is 0 Å². The molecule has 0 aliphatic carbocycles. The number of hydrogen-bond acceptors (Lipinski definition) is 5. The second kappa shape index (κ2) is 5.89. The Morgan fingerprint density at radius 2 is 2.00 bits per heavy atom. The molecule has 1 fully saturated rings. The molecular formula is C15H20N4S. The van der Waals surface area contributed by atoms with Crippen LogP contribution in [0.15, 0.2) is 30.3 Å². The fourth-order valence-electron chi connectivity index (χ4n) is 2.68. The molecule has 0 amide bonds. The van der Waals surface area contributed by atoms with Crippen LogP contribution in [0.1, 0.15) is 16.9 Å². The van der Waals surface area contributed by atoms with Crippen molar-refractivity contribution >= 4 is 17.0 Å². The molecule has 1 aliphatic rings. The zero-order valence-corrected chi connectivity index (χ0v) is 12.8. The lowest BCUT2D eigenvalue weighted by Crippen LogP contribution is -2.51. The van der Waals surface area contributed by atoms with Gasteiger partial charge in [0.15, 0.2) is 0 Å². The van der Waals surface area contributed by atoms with E-state index < -0.39 is 0 Å². The maximum absolute atomic E-state index is 4.23. The molecule has 1 aromatic carbocycles. The first-order chi connectivity index (χ1) is 9.72. The van der Waals surface area contributed by atoms with Gasteiger partial charge < -0.3 is 4.90 Å². The number of para-hydroxylation sites is 1. The largest absolute Gasteiger partial charge is 0.369 e. The van der Waals surface area contributed by atoms with E-state index >= 15 is 0 Å². The van der Waals surface area contributed by atoms with Crippen molar-refractivity contribution in [3.8, 4) is 0 Å². The Balaban J connectivity index is 1.62. The summed E-state index contributed by atoms with van der Waals surface area (Å²) in [6.07, 6.45) is 0. The smallest absolute Gasteiger partial charge is 0.131 e. The van der Waals surface area contributed by atoms with Crippen LogP contribution in [0.4, 0.5) is 5.69 Å². The quantitative estimate of drug-likeness (QED) is 0.869. The van der Waals surface area contributed by atoms with E-state index in [9.17, 15) is 0 Å².